The second-order valence-electron chi connectivity index (χ2n) is 8.01. The summed E-state index contributed by atoms with van der Waals surface area (Å²) in [6.07, 6.45) is 1.54. The molecule has 0 radical (unpaired) electrons. The average molecular weight is 486 g/mol. The Labute approximate surface area is 203 Å². The lowest BCUT2D eigenvalue weighted by atomic mass is 10.1. The van der Waals surface area contributed by atoms with Crippen molar-refractivity contribution in [1.82, 2.24) is 5.43 Å². The number of nitrogens with zero attached hydrogens (tertiary/aromatic N) is 2. The molecule has 1 aliphatic rings. The Hall–Kier alpha value is -4.17. The predicted molar refractivity (Wildman–Crippen MR) is 136 cm³/mol. The molecule has 0 fully saturated rings. The lowest BCUT2D eigenvalue weighted by Gasteiger charge is -2.19. The standard InChI is InChI=1S/C27H23N3O4S/c1-2-34-24-11-4-3-7-22(24)17-28-29-27(31)21-15-13-19(14-16-21)18-30-23-10-5-8-20-9-6-12-25(26(20)23)35(30,32)33/h3-17H,2,18H2,1H3,(H,29,31). The molecule has 4 aromatic rings. The van der Waals surface area contributed by atoms with E-state index in [1.807, 2.05) is 55.5 Å². The zero-order chi connectivity index (χ0) is 24.4. The summed E-state index contributed by atoms with van der Waals surface area (Å²) in [6.45, 7) is 2.60. The highest BCUT2D eigenvalue weighted by Crippen LogP contribution is 2.42. The van der Waals surface area contributed by atoms with Gasteiger partial charge in [-0.05, 0) is 54.3 Å². The summed E-state index contributed by atoms with van der Waals surface area (Å²) in [5.74, 6) is 0.319. The van der Waals surface area contributed by atoms with Gasteiger partial charge < -0.3 is 4.74 Å². The molecule has 0 aliphatic carbocycles. The van der Waals surface area contributed by atoms with Crippen molar-refractivity contribution in [2.45, 2.75) is 18.4 Å². The van der Waals surface area contributed by atoms with E-state index in [4.69, 9.17) is 4.74 Å². The molecule has 1 N–H and O–H groups in total. The van der Waals surface area contributed by atoms with Crippen molar-refractivity contribution < 1.29 is 17.9 Å². The summed E-state index contributed by atoms with van der Waals surface area (Å²) in [6, 6.07) is 25.1. The molecule has 4 aromatic carbocycles. The largest absolute Gasteiger partial charge is 0.493 e. The van der Waals surface area contributed by atoms with Crippen LogP contribution in [-0.4, -0.2) is 27.1 Å². The molecule has 8 heteroatoms. The Kier molecular flexibility index (Phi) is 5.96. The molecule has 0 saturated heterocycles. The Morgan fingerprint density at radius 2 is 1.71 bits per heavy atom. The number of benzene rings is 4. The fraction of sp³-hybridized carbons (Fsp3) is 0.111. The van der Waals surface area contributed by atoms with E-state index in [-0.39, 0.29) is 12.5 Å². The van der Waals surface area contributed by atoms with Gasteiger partial charge in [0.1, 0.15) is 5.75 Å². The highest BCUT2D eigenvalue weighted by atomic mass is 32.2. The number of hydrogen-bond donors (Lipinski definition) is 1. The topological polar surface area (TPSA) is 88.1 Å². The Bertz CT molecular complexity index is 1540. The number of nitrogens with one attached hydrogen (secondary N) is 1. The van der Waals surface area contributed by atoms with Gasteiger partial charge in [-0.2, -0.15) is 5.10 Å². The zero-order valence-electron chi connectivity index (χ0n) is 19.0. The third kappa shape index (κ3) is 4.24. The first kappa shape index (κ1) is 22.6. The van der Waals surface area contributed by atoms with Crippen LogP contribution in [0.2, 0.25) is 0 Å². The first-order valence-corrected chi connectivity index (χ1v) is 12.6. The molecule has 7 nitrogen and oxygen atoms in total. The SMILES string of the molecule is CCOc1ccccc1C=NNC(=O)c1ccc(CN2c3cccc4cccc(c34)S2(=O)=O)cc1. The number of hydrazone groups is 1. The summed E-state index contributed by atoms with van der Waals surface area (Å²) in [5.41, 5.74) is 5.12. The van der Waals surface area contributed by atoms with Crippen molar-refractivity contribution in [3.05, 3.63) is 102 Å². The number of ether oxygens (including phenoxy) is 1. The second-order valence-corrected chi connectivity index (χ2v) is 9.84. The molecule has 0 aromatic heterocycles. The molecule has 176 valence electrons. The number of carbonyl (C=O) groups is 1. The van der Waals surface area contributed by atoms with Gasteiger partial charge in [-0.1, -0.05) is 48.5 Å². The number of anilines is 1. The van der Waals surface area contributed by atoms with Crippen LogP contribution in [0.4, 0.5) is 5.69 Å². The van der Waals surface area contributed by atoms with E-state index >= 15 is 0 Å². The molecule has 0 atom stereocenters. The normalized spacial score (nSPS) is 13.9. The highest BCUT2D eigenvalue weighted by molar-refractivity contribution is 7.93. The van der Waals surface area contributed by atoms with E-state index in [0.717, 1.165) is 21.9 Å². The summed E-state index contributed by atoms with van der Waals surface area (Å²) >= 11 is 0. The maximum Gasteiger partial charge on any atom is 0.271 e. The molecular formula is C27H23N3O4S. The zero-order valence-corrected chi connectivity index (χ0v) is 19.8. The fourth-order valence-electron chi connectivity index (χ4n) is 4.15. The van der Waals surface area contributed by atoms with E-state index in [2.05, 4.69) is 10.5 Å². The van der Waals surface area contributed by atoms with Crippen molar-refractivity contribution >= 4 is 38.6 Å². The van der Waals surface area contributed by atoms with E-state index in [0.29, 0.717) is 28.5 Å². The van der Waals surface area contributed by atoms with Crippen LogP contribution >= 0.6 is 0 Å². The smallest absolute Gasteiger partial charge is 0.271 e. The van der Waals surface area contributed by atoms with Crippen molar-refractivity contribution in [3.8, 4) is 5.75 Å². The molecule has 5 rings (SSSR count). The highest BCUT2D eigenvalue weighted by Gasteiger charge is 2.35. The van der Waals surface area contributed by atoms with Crippen LogP contribution in [-0.2, 0) is 16.6 Å². The number of sulfonamides is 1. The van der Waals surface area contributed by atoms with Crippen LogP contribution in [0.1, 0.15) is 28.4 Å². The van der Waals surface area contributed by atoms with Crippen LogP contribution in [0, 0.1) is 0 Å². The maximum absolute atomic E-state index is 13.2. The Morgan fingerprint density at radius 1 is 0.971 bits per heavy atom. The third-order valence-corrected chi connectivity index (χ3v) is 7.61. The Balaban J connectivity index is 1.30. The molecule has 1 amide bonds. The fourth-order valence-corrected chi connectivity index (χ4v) is 5.85. The van der Waals surface area contributed by atoms with Gasteiger partial charge >= 0.3 is 0 Å². The first-order chi connectivity index (χ1) is 17.0. The Morgan fingerprint density at radius 3 is 2.49 bits per heavy atom. The van der Waals surface area contributed by atoms with Crippen molar-refractivity contribution in [3.63, 3.8) is 0 Å². The molecule has 0 saturated carbocycles. The van der Waals surface area contributed by atoms with Crippen molar-refractivity contribution in [2.24, 2.45) is 5.10 Å². The van der Waals surface area contributed by atoms with E-state index in [9.17, 15) is 13.2 Å². The molecular weight excluding hydrogens is 462 g/mol. The van der Waals surface area contributed by atoms with Crippen LogP contribution in [0.3, 0.4) is 0 Å². The maximum atomic E-state index is 13.2. The third-order valence-electron chi connectivity index (χ3n) is 5.81. The predicted octanol–water partition coefficient (Wildman–Crippen LogP) is 4.71. The summed E-state index contributed by atoms with van der Waals surface area (Å²) < 4.78 is 33.3. The summed E-state index contributed by atoms with van der Waals surface area (Å²) in [7, 11) is -3.64. The van der Waals surface area contributed by atoms with Crippen molar-refractivity contribution in [1.29, 1.82) is 0 Å². The number of rotatable bonds is 7. The molecule has 35 heavy (non-hydrogen) atoms. The van der Waals surface area contributed by atoms with E-state index in [1.54, 1.807) is 36.4 Å². The van der Waals surface area contributed by atoms with E-state index < -0.39 is 10.0 Å². The minimum absolute atomic E-state index is 0.171. The van der Waals surface area contributed by atoms with Gasteiger partial charge in [0.05, 0.1) is 29.9 Å². The number of carbonyl (C=O) groups excluding carboxylic acids is 1. The van der Waals surface area contributed by atoms with Gasteiger partial charge in [0, 0.05) is 16.5 Å². The first-order valence-electron chi connectivity index (χ1n) is 11.2. The molecule has 1 aliphatic heterocycles. The summed E-state index contributed by atoms with van der Waals surface area (Å²) in [4.78, 5) is 12.8. The van der Waals surface area contributed by atoms with E-state index in [1.165, 1.54) is 10.5 Å². The van der Waals surface area contributed by atoms with Gasteiger partial charge in [0.15, 0.2) is 0 Å². The lowest BCUT2D eigenvalue weighted by molar-refractivity contribution is 0.0955. The van der Waals surface area contributed by atoms with Gasteiger partial charge in [-0.25, -0.2) is 13.8 Å². The van der Waals surface area contributed by atoms with Crippen LogP contribution in [0.25, 0.3) is 10.8 Å². The quantitative estimate of drug-likeness (QED) is 0.303. The van der Waals surface area contributed by atoms with Crippen LogP contribution < -0.4 is 14.5 Å². The number of para-hydroxylation sites is 1. The average Bonchev–Trinajstić information content (AvgIpc) is 3.09. The molecule has 1 heterocycles. The second kappa shape index (κ2) is 9.23. The van der Waals surface area contributed by atoms with Gasteiger partial charge in [0.2, 0.25) is 0 Å². The minimum atomic E-state index is -3.64. The molecule has 0 spiro atoms. The van der Waals surface area contributed by atoms with Gasteiger partial charge in [0.25, 0.3) is 15.9 Å². The minimum Gasteiger partial charge on any atom is -0.493 e. The molecule has 0 bridgehead atoms. The molecule has 0 unspecified atom stereocenters. The number of amides is 1. The van der Waals surface area contributed by atoms with Gasteiger partial charge in [-0.15, -0.1) is 0 Å². The van der Waals surface area contributed by atoms with Crippen LogP contribution in [0.15, 0.2) is 94.9 Å². The lowest BCUT2D eigenvalue weighted by Crippen LogP contribution is -2.26. The van der Waals surface area contributed by atoms with Gasteiger partial charge in [-0.3, -0.25) is 9.10 Å². The number of hydrogen-bond acceptors (Lipinski definition) is 5. The van der Waals surface area contributed by atoms with Crippen molar-refractivity contribution in [2.75, 3.05) is 10.9 Å². The monoisotopic (exact) mass is 485 g/mol. The van der Waals surface area contributed by atoms with Crippen LogP contribution in [0.5, 0.6) is 5.75 Å². The summed E-state index contributed by atoms with van der Waals surface area (Å²) in [5, 5.41) is 5.67.